The summed E-state index contributed by atoms with van der Waals surface area (Å²) >= 11 is 0. The average Bonchev–Trinajstić information content (AvgIpc) is 3.33. The number of carbonyl (C=O) groups excluding carboxylic acids is 2. The number of hydrogen-bond donors (Lipinski definition) is 1. The van der Waals surface area contributed by atoms with Crippen molar-refractivity contribution in [2.45, 2.75) is 32.9 Å². The van der Waals surface area contributed by atoms with Crippen molar-refractivity contribution < 1.29 is 32.6 Å². The van der Waals surface area contributed by atoms with Crippen LogP contribution in [0.5, 0.6) is 0 Å². The summed E-state index contributed by atoms with van der Waals surface area (Å²) in [5.41, 5.74) is -0.874. The highest BCUT2D eigenvalue weighted by atomic mass is 19.2. The zero-order chi connectivity index (χ0) is 24.8. The summed E-state index contributed by atoms with van der Waals surface area (Å²) in [4.78, 5) is 28.6. The van der Waals surface area contributed by atoms with Crippen LogP contribution in [0.4, 0.5) is 18.0 Å². The van der Waals surface area contributed by atoms with Crippen LogP contribution in [0.1, 0.15) is 36.7 Å². The zero-order valence-corrected chi connectivity index (χ0v) is 19.2. The molecule has 3 heterocycles. The molecule has 2 aliphatic rings. The fraction of sp³-hybridized carbons (Fsp3) is 0.522. The lowest BCUT2D eigenvalue weighted by molar-refractivity contribution is -0.0526. The van der Waals surface area contributed by atoms with Gasteiger partial charge in [0.05, 0.1) is 18.3 Å². The second-order valence-corrected chi connectivity index (χ2v) is 10.0. The Balaban J connectivity index is 1.41. The molecule has 1 N–H and O–H groups in total. The summed E-state index contributed by atoms with van der Waals surface area (Å²) in [6.07, 6.45) is 2.31. The third kappa shape index (κ3) is 4.61. The minimum absolute atomic E-state index is 0.0989. The van der Waals surface area contributed by atoms with Crippen LogP contribution in [0.25, 0.3) is 0 Å². The fourth-order valence-corrected chi connectivity index (χ4v) is 4.57. The van der Waals surface area contributed by atoms with Crippen LogP contribution in [0.15, 0.2) is 24.5 Å². The largest absolute Gasteiger partial charge is 0.444 e. The molecule has 2 fully saturated rings. The SMILES string of the molecule is CC(C)(C)OC(=O)N1CC2(C1)CN(C(=O)c1cnn(Cc3cc(F)c(F)cc3F)c1)C[C@H]2CO. The molecule has 4 rings (SSSR count). The molecule has 2 aromatic rings. The predicted molar refractivity (Wildman–Crippen MR) is 114 cm³/mol. The topological polar surface area (TPSA) is 87.9 Å². The Labute approximate surface area is 194 Å². The van der Waals surface area contributed by atoms with E-state index in [1.807, 2.05) is 0 Å². The first-order chi connectivity index (χ1) is 15.9. The Kier molecular flexibility index (Phi) is 6.09. The highest BCUT2D eigenvalue weighted by Gasteiger charge is 2.56. The molecule has 0 saturated carbocycles. The van der Waals surface area contributed by atoms with Crippen LogP contribution in [-0.4, -0.2) is 75.1 Å². The highest BCUT2D eigenvalue weighted by Crippen LogP contribution is 2.44. The number of rotatable bonds is 4. The maximum atomic E-state index is 13.9. The third-order valence-electron chi connectivity index (χ3n) is 6.29. The number of halogens is 3. The lowest BCUT2D eigenvalue weighted by Crippen LogP contribution is -2.63. The molecule has 2 saturated heterocycles. The zero-order valence-electron chi connectivity index (χ0n) is 19.2. The molecule has 8 nitrogen and oxygen atoms in total. The van der Waals surface area contributed by atoms with Gasteiger partial charge in [-0.1, -0.05) is 0 Å². The number of hydrogen-bond acceptors (Lipinski definition) is 5. The average molecular weight is 480 g/mol. The molecule has 0 unspecified atom stereocenters. The summed E-state index contributed by atoms with van der Waals surface area (Å²) in [7, 11) is 0. The number of nitrogens with zero attached hydrogens (tertiary/aromatic N) is 4. The van der Waals surface area contributed by atoms with E-state index in [1.54, 1.807) is 30.6 Å². The van der Waals surface area contributed by atoms with Gasteiger partial charge in [0.2, 0.25) is 0 Å². The Morgan fingerprint density at radius 3 is 2.41 bits per heavy atom. The number of benzene rings is 1. The van der Waals surface area contributed by atoms with Gasteiger partial charge in [0.1, 0.15) is 11.4 Å². The molecule has 1 aromatic heterocycles. The van der Waals surface area contributed by atoms with Gasteiger partial charge < -0.3 is 19.6 Å². The Bertz CT molecular complexity index is 1110. The molecule has 0 bridgehead atoms. The van der Waals surface area contributed by atoms with Gasteiger partial charge >= 0.3 is 6.09 Å². The van der Waals surface area contributed by atoms with Crippen molar-refractivity contribution in [3.05, 3.63) is 53.1 Å². The van der Waals surface area contributed by atoms with Crippen molar-refractivity contribution in [3.63, 3.8) is 0 Å². The van der Waals surface area contributed by atoms with Crippen LogP contribution in [0, 0.1) is 28.8 Å². The van der Waals surface area contributed by atoms with Gasteiger partial charge in [-0.25, -0.2) is 18.0 Å². The molecular weight excluding hydrogens is 453 g/mol. The predicted octanol–water partition coefficient (Wildman–Crippen LogP) is 2.65. The monoisotopic (exact) mass is 480 g/mol. The van der Waals surface area contributed by atoms with Crippen molar-refractivity contribution >= 4 is 12.0 Å². The van der Waals surface area contributed by atoms with E-state index < -0.39 is 34.6 Å². The first kappa shape index (κ1) is 24.1. The van der Waals surface area contributed by atoms with E-state index >= 15 is 0 Å². The van der Waals surface area contributed by atoms with Gasteiger partial charge in [0.25, 0.3) is 5.91 Å². The number of carbonyl (C=O) groups is 2. The maximum Gasteiger partial charge on any atom is 0.410 e. The lowest BCUT2D eigenvalue weighted by atomic mass is 9.72. The third-order valence-corrected chi connectivity index (χ3v) is 6.29. The highest BCUT2D eigenvalue weighted by molar-refractivity contribution is 5.94. The van der Waals surface area contributed by atoms with E-state index in [0.29, 0.717) is 32.2 Å². The molecule has 0 radical (unpaired) electrons. The van der Waals surface area contributed by atoms with Crippen molar-refractivity contribution in [2.75, 3.05) is 32.8 Å². The van der Waals surface area contributed by atoms with Crippen molar-refractivity contribution in [1.29, 1.82) is 0 Å². The first-order valence-corrected chi connectivity index (χ1v) is 10.9. The van der Waals surface area contributed by atoms with E-state index in [9.17, 15) is 27.9 Å². The summed E-state index contributed by atoms with van der Waals surface area (Å²) in [5.74, 6) is -3.86. The number of aromatic nitrogens is 2. The fourth-order valence-electron chi connectivity index (χ4n) is 4.57. The second kappa shape index (κ2) is 8.61. The summed E-state index contributed by atoms with van der Waals surface area (Å²) in [5, 5.41) is 13.9. The Hall–Kier alpha value is -3.08. The van der Waals surface area contributed by atoms with Gasteiger partial charge in [0, 0.05) is 61.9 Å². The molecule has 1 atom stereocenters. The maximum absolute atomic E-state index is 13.9. The van der Waals surface area contributed by atoms with Gasteiger partial charge in [-0.2, -0.15) is 5.10 Å². The van der Waals surface area contributed by atoms with Crippen LogP contribution >= 0.6 is 0 Å². The minimum atomic E-state index is -1.28. The number of aliphatic hydroxyl groups excluding tert-OH is 1. The molecule has 11 heteroatoms. The van der Waals surface area contributed by atoms with Crippen molar-refractivity contribution in [2.24, 2.45) is 11.3 Å². The Morgan fingerprint density at radius 2 is 1.76 bits per heavy atom. The number of ether oxygens (including phenoxy) is 1. The smallest absolute Gasteiger partial charge is 0.410 e. The van der Waals surface area contributed by atoms with E-state index in [0.717, 1.165) is 6.07 Å². The molecular formula is C23H27F3N4O4. The van der Waals surface area contributed by atoms with E-state index in [4.69, 9.17) is 4.74 Å². The molecule has 0 aliphatic carbocycles. The van der Waals surface area contributed by atoms with Crippen LogP contribution < -0.4 is 0 Å². The van der Waals surface area contributed by atoms with Crippen molar-refractivity contribution in [1.82, 2.24) is 19.6 Å². The standard InChI is InChI=1S/C23H27F3N4O4/c1-22(2,3)34-21(33)29-12-23(13-29)11-28(9-16(23)10-31)20(32)15-6-27-30(8-15)7-14-4-18(25)19(26)5-17(14)24/h4-6,8,16,31H,7,9-13H2,1-3H3/t16-/m0/s1. The van der Waals surface area contributed by atoms with Crippen LogP contribution in [-0.2, 0) is 11.3 Å². The summed E-state index contributed by atoms with van der Waals surface area (Å²) in [6.45, 7) is 6.50. The molecule has 1 aromatic carbocycles. The van der Waals surface area contributed by atoms with Gasteiger partial charge in [-0.05, 0) is 26.8 Å². The summed E-state index contributed by atoms with van der Waals surface area (Å²) < 4.78 is 47.2. The van der Waals surface area contributed by atoms with E-state index in [2.05, 4.69) is 5.10 Å². The van der Waals surface area contributed by atoms with E-state index in [1.165, 1.54) is 17.1 Å². The van der Waals surface area contributed by atoms with Gasteiger partial charge in [0.15, 0.2) is 11.6 Å². The second-order valence-electron chi connectivity index (χ2n) is 10.0. The molecule has 1 spiro atoms. The van der Waals surface area contributed by atoms with Crippen molar-refractivity contribution in [3.8, 4) is 0 Å². The number of amides is 2. The lowest BCUT2D eigenvalue weighted by Gasteiger charge is -2.50. The normalized spacial score (nSPS) is 19.4. The number of likely N-dealkylation sites (tertiary alicyclic amines) is 2. The van der Waals surface area contributed by atoms with Crippen LogP contribution in [0.3, 0.4) is 0 Å². The minimum Gasteiger partial charge on any atom is -0.444 e. The molecule has 2 amide bonds. The number of aliphatic hydroxyl groups is 1. The first-order valence-electron chi connectivity index (χ1n) is 10.9. The molecule has 184 valence electrons. The molecule has 2 aliphatic heterocycles. The summed E-state index contributed by atoms with van der Waals surface area (Å²) in [6, 6.07) is 1.23. The molecule has 34 heavy (non-hydrogen) atoms. The van der Waals surface area contributed by atoms with Crippen LogP contribution in [0.2, 0.25) is 0 Å². The Morgan fingerprint density at radius 1 is 1.12 bits per heavy atom. The van der Waals surface area contributed by atoms with Gasteiger partial charge in [-0.15, -0.1) is 0 Å². The quantitative estimate of drug-likeness (QED) is 0.680. The van der Waals surface area contributed by atoms with E-state index in [-0.39, 0.29) is 36.1 Å². The van der Waals surface area contributed by atoms with Gasteiger partial charge in [-0.3, -0.25) is 9.48 Å².